The van der Waals surface area contributed by atoms with E-state index in [9.17, 15) is 13.2 Å². The zero-order chi connectivity index (χ0) is 10.9. The minimum atomic E-state index is -1.46. The maximum atomic E-state index is 13.2. The standard InChI is InChI=1S/C9H9BrF3N/c1-4(3-14)5-2-6(10)8(12)9(13)7(5)11/h2,4H,3,14H2,1H3. The van der Waals surface area contributed by atoms with Crippen molar-refractivity contribution >= 4 is 15.9 Å². The fourth-order valence-corrected chi connectivity index (χ4v) is 1.50. The lowest BCUT2D eigenvalue weighted by Gasteiger charge is -2.11. The van der Waals surface area contributed by atoms with E-state index in [1.165, 1.54) is 6.07 Å². The molecule has 0 radical (unpaired) electrons. The van der Waals surface area contributed by atoms with Crippen molar-refractivity contribution in [1.82, 2.24) is 0 Å². The largest absolute Gasteiger partial charge is 0.330 e. The lowest BCUT2D eigenvalue weighted by Crippen LogP contribution is -2.12. The second-order valence-electron chi connectivity index (χ2n) is 3.03. The topological polar surface area (TPSA) is 26.0 Å². The van der Waals surface area contributed by atoms with Gasteiger partial charge in [-0.05, 0) is 40.0 Å². The molecular weight excluding hydrogens is 259 g/mol. The van der Waals surface area contributed by atoms with E-state index in [1.807, 2.05) is 0 Å². The highest BCUT2D eigenvalue weighted by molar-refractivity contribution is 9.10. The molecule has 0 heterocycles. The lowest BCUT2D eigenvalue weighted by molar-refractivity contribution is 0.434. The quantitative estimate of drug-likeness (QED) is 0.647. The Morgan fingerprint density at radius 1 is 1.29 bits per heavy atom. The van der Waals surface area contributed by atoms with E-state index >= 15 is 0 Å². The van der Waals surface area contributed by atoms with E-state index in [2.05, 4.69) is 15.9 Å². The third-order valence-corrected chi connectivity index (χ3v) is 2.59. The van der Waals surface area contributed by atoms with Crippen LogP contribution in [-0.2, 0) is 0 Å². The van der Waals surface area contributed by atoms with E-state index < -0.39 is 17.5 Å². The summed E-state index contributed by atoms with van der Waals surface area (Å²) in [7, 11) is 0. The van der Waals surface area contributed by atoms with Crippen LogP contribution in [0.1, 0.15) is 18.4 Å². The molecule has 0 aliphatic rings. The van der Waals surface area contributed by atoms with Crippen molar-refractivity contribution in [3.05, 3.63) is 33.6 Å². The van der Waals surface area contributed by atoms with Gasteiger partial charge in [0.1, 0.15) is 0 Å². The summed E-state index contributed by atoms with van der Waals surface area (Å²) in [5.41, 5.74) is 5.39. The Morgan fingerprint density at radius 3 is 2.36 bits per heavy atom. The van der Waals surface area contributed by atoms with Crippen LogP contribution in [0.15, 0.2) is 10.5 Å². The first-order chi connectivity index (χ1) is 6.49. The van der Waals surface area contributed by atoms with Gasteiger partial charge >= 0.3 is 0 Å². The van der Waals surface area contributed by atoms with Crippen LogP contribution in [0, 0.1) is 17.5 Å². The maximum absolute atomic E-state index is 13.2. The minimum Gasteiger partial charge on any atom is -0.330 e. The SMILES string of the molecule is CC(CN)c1cc(Br)c(F)c(F)c1F. The van der Waals surface area contributed by atoms with Gasteiger partial charge in [0.2, 0.25) is 0 Å². The highest BCUT2D eigenvalue weighted by Crippen LogP contribution is 2.27. The predicted octanol–water partition coefficient (Wildman–Crippen LogP) is 2.93. The molecule has 1 aromatic carbocycles. The van der Waals surface area contributed by atoms with Crippen LogP contribution in [0.3, 0.4) is 0 Å². The molecule has 1 nitrogen and oxygen atoms in total. The number of halogens is 4. The van der Waals surface area contributed by atoms with Gasteiger partial charge in [-0.15, -0.1) is 0 Å². The number of rotatable bonds is 2. The summed E-state index contributed by atoms with van der Waals surface area (Å²) >= 11 is 2.81. The van der Waals surface area contributed by atoms with Crippen LogP contribution in [0.4, 0.5) is 13.2 Å². The van der Waals surface area contributed by atoms with Crippen molar-refractivity contribution in [3.63, 3.8) is 0 Å². The molecule has 0 aliphatic carbocycles. The average Bonchev–Trinajstić information content (AvgIpc) is 2.19. The highest BCUT2D eigenvalue weighted by Gasteiger charge is 2.19. The van der Waals surface area contributed by atoms with Crippen molar-refractivity contribution in [2.24, 2.45) is 5.73 Å². The maximum Gasteiger partial charge on any atom is 0.195 e. The van der Waals surface area contributed by atoms with Crippen molar-refractivity contribution in [3.8, 4) is 0 Å². The van der Waals surface area contributed by atoms with Gasteiger partial charge in [0, 0.05) is 0 Å². The summed E-state index contributed by atoms with van der Waals surface area (Å²) in [5, 5.41) is 0. The van der Waals surface area contributed by atoms with E-state index in [-0.39, 0.29) is 22.5 Å². The molecule has 0 saturated heterocycles. The molecule has 1 unspecified atom stereocenters. The molecule has 0 fully saturated rings. The minimum absolute atomic E-state index is 0.0817. The summed E-state index contributed by atoms with van der Waals surface area (Å²) < 4.78 is 38.9. The van der Waals surface area contributed by atoms with E-state index in [0.29, 0.717) is 0 Å². The number of benzene rings is 1. The van der Waals surface area contributed by atoms with Gasteiger partial charge in [0.05, 0.1) is 4.47 Å². The van der Waals surface area contributed by atoms with Crippen LogP contribution >= 0.6 is 15.9 Å². The smallest absolute Gasteiger partial charge is 0.195 e. The van der Waals surface area contributed by atoms with Gasteiger partial charge in [0.15, 0.2) is 17.5 Å². The summed E-state index contributed by atoms with van der Waals surface area (Å²) in [5.74, 6) is -4.19. The Balaban J connectivity index is 3.33. The van der Waals surface area contributed by atoms with Crippen LogP contribution in [0.2, 0.25) is 0 Å². The fourth-order valence-electron chi connectivity index (χ4n) is 1.08. The normalized spacial score (nSPS) is 13.0. The Kier molecular flexibility index (Phi) is 3.55. The molecule has 5 heteroatoms. The van der Waals surface area contributed by atoms with Crippen molar-refractivity contribution in [1.29, 1.82) is 0 Å². The number of hydrogen-bond acceptors (Lipinski definition) is 1. The third kappa shape index (κ3) is 1.93. The van der Waals surface area contributed by atoms with Gasteiger partial charge in [-0.1, -0.05) is 6.92 Å². The zero-order valence-corrected chi connectivity index (χ0v) is 9.04. The van der Waals surface area contributed by atoms with Crippen molar-refractivity contribution in [2.45, 2.75) is 12.8 Å². The Hall–Kier alpha value is -0.550. The monoisotopic (exact) mass is 267 g/mol. The van der Waals surface area contributed by atoms with Crippen LogP contribution < -0.4 is 5.73 Å². The zero-order valence-electron chi connectivity index (χ0n) is 7.45. The molecule has 78 valence electrons. The van der Waals surface area contributed by atoms with Gasteiger partial charge in [0.25, 0.3) is 0 Å². The molecule has 0 bridgehead atoms. The Morgan fingerprint density at radius 2 is 1.86 bits per heavy atom. The highest BCUT2D eigenvalue weighted by atomic mass is 79.9. The van der Waals surface area contributed by atoms with Crippen LogP contribution in [0.5, 0.6) is 0 Å². The lowest BCUT2D eigenvalue weighted by atomic mass is 10.0. The van der Waals surface area contributed by atoms with Gasteiger partial charge in [-0.3, -0.25) is 0 Å². The second kappa shape index (κ2) is 4.31. The second-order valence-corrected chi connectivity index (χ2v) is 3.88. The van der Waals surface area contributed by atoms with Gasteiger partial charge < -0.3 is 5.73 Å². The molecule has 1 rings (SSSR count). The fraction of sp³-hybridized carbons (Fsp3) is 0.333. The molecule has 1 atom stereocenters. The van der Waals surface area contributed by atoms with Crippen LogP contribution in [0.25, 0.3) is 0 Å². The van der Waals surface area contributed by atoms with Gasteiger partial charge in [-0.25, -0.2) is 13.2 Å². The number of nitrogens with two attached hydrogens (primary N) is 1. The first kappa shape index (κ1) is 11.5. The molecule has 0 saturated carbocycles. The third-order valence-electron chi connectivity index (χ3n) is 2.02. The average molecular weight is 268 g/mol. The molecule has 1 aromatic rings. The molecular formula is C9H9BrF3N. The summed E-state index contributed by atoms with van der Waals surface area (Å²) in [4.78, 5) is 0. The molecule has 0 aromatic heterocycles. The van der Waals surface area contributed by atoms with E-state index in [4.69, 9.17) is 5.73 Å². The van der Waals surface area contributed by atoms with E-state index in [0.717, 1.165) is 0 Å². The number of hydrogen-bond donors (Lipinski definition) is 1. The van der Waals surface area contributed by atoms with Gasteiger partial charge in [-0.2, -0.15) is 0 Å². The van der Waals surface area contributed by atoms with Crippen LogP contribution in [-0.4, -0.2) is 6.54 Å². The van der Waals surface area contributed by atoms with Crippen molar-refractivity contribution in [2.75, 3.05) is 6.54 Å². The predicted molar refractivity (Wildman–Crippen MR) is 51.5 cm³/mol. The summed E-state index contributed by atoms with van der Waals surface area (Å²) in [6, 6.07) is 1.21. The molecule has 0 amide bonds. The molecule has 14 heavy (non-hydrogen) atoms. The molecule has 0 aliphatic heterocycles. The summed E-state index contributed by atoms with van der Waals surface area (Å²) in [6.45, 7) is 1.82. The Labute approximate surface area is 88.2 Å². The van der Waals surface area contributed by atoms with E-state index in [1.54, 1.807) is 6.92 Å². The Bertz CT molecular complexity index is 354. The molecule has 0 spiro atoms. The first-order valence-electron chi connectivity index (χ1n) is 4.02. The van der Waals surface area contributed by atoms with Crippen molar-refractivity contribution < 1.29 is 13.2 Å². The molecule has 2 N–H and O–H groups in total. The summed E-state index contributed by atoms with van der Waals surface area (Å²) in [6.07, 6.45) is 0. The first-order valence-corrected chi connectivity index (χ1v) is 4.81.